The lowest BCUT2D eigenvalue weighted by Gasteiger charge is -2.38. The zero-order valence-corrected chi connectivity index (χ0v) is 12.4. The molecule has 1 nitrogen and oxygen atoms in total. The molecule has 0 saturated carbocycles. The van der Waals surface area contributed by atoms with Crippen LogP contribution in [0.5, 0.6) is 0 Å². The van der Waals surface area contributed by atoms with Crippen LogP contribution in [0.3, 0.4) is 0 Å². The Bertz CT molecular complexity index is 394. The van der Waals surface area contributed by atoms with E-state index in [9.17, 15) is 4.79 Å². The van der Waals surface area contributed by atoms with E-state index in [0.29, 0.717) is 5.92 Å². The predicted octanol–water partition coefficient (Wildman–Crippen LogP) is 4.47. The second kappa shape index (κ2) is 5.69. The van der Waals surface area contributed by atoms with Crippen molar-refractivity contribution in [2.45, 2.75) is 52.9 Å². The number of benzene rings is 1. The van der Waals surface area contributed by atoms with Gasteiger partial charge < -0.3 is 0 Å². The first-order chi connectivity index (χ1) is 8.37. The Hall–Kier alpha value is -1.11. The monoisotopic (exact) mass is 245 g/mol. The molecule has 1 radical (unpaired) electrons. The Morgan fingerprint density at radius 1 is 0.944 bits per heavy atom. The van der Waals surface area contributed by atoms with Crippen molar-refractivity contribution in [1.82, 2.24) is 0 Å². The van der Waals surface area contributed by atoms with Crippen molar-refractivity contribution in [2.75, 3.05) is 0 Å². The van der Waals surface area contributed by atoms with Crippen molar-refractivity contribution in [3.63, 3.8) is 0 Å². The molecule has 0 atom stereocenters. The summed E-state index contributed by atoms with van der Waals surface area (Å²) in [6.07, 6.45) is 2.38. The highest BCUT2D eigenvalue weighted by atomic mass is 16.1. The van der Waals surface area contributed by atoms with E-state index >= 15 is 0 Å². The molecule has 1 heteroatoms. The van der Waals surface area contributed by atoms with Crippen LogP contribution in [0.1, 0.15) is 58.6 Å². The highest BCUT2D eigenvalue weighted by molar-refractivity contribution is 5.71. The van der Waals surface area contributed by atoms with E-state index in [1.54, 1.807) is 0 Å². The molecule has 1 aromatic rings. The maximum absolute atomic E-state index is 11.8. The molecule has 1 aromatic carbocycles. The number of hydrogen-bond donors (Lipinski definition) is 0. The highest BCUT2D eigenvalue weighted by Gasteiger charge is 2.41. The first kappa shape index (κ1) is 14.9. The second-order valence-electron chi connectivity index (χ2n) is 6.02. The van der Waals surface area contributed by atoms with Crippen molar-refractivity contribution < 1.29 is 4.79 Å². The van der Waals surface area contributed by atoms with Gasteiger partial charge in [0.25, 0.3) is 0 Å². The van der Waals surface area contributed by atoms with Crippen LogP contribution in [0.25, 0.3) is 0 Å². The average Bonchev–Trinajstić information content (AvgIpc) is 2.30. The summed E-state index contributed by atoms with van der Waals surface area (Å²) in [5, 5.41) is 0. The minimum Gasteiger partial charge on any atom is -0.290 e. The normalized spacial score (nSPS) is 12.5. The lowest BCUT2D eigenvalue weighted by atomic mass is 9.63. The Kier molecular flexibility index (Phi) is 4.72. The summed E-state index contributed by atoms with van der Waals surface area (Å²) >= 11 is 0. The molecule has 0 aliphatic heterocycles. The standard InChI is InChI=1S/C17H25O/c1-12(2)15-9-7-8-10-16(15)17(11-18,13(3)4)14(5)6/h7-10,12-14H,1-6H3. The van der Waals surface area contributed by atoms with Gasteiger partial charge in [-0.05, 0) is 28.9 Å². The van der Waals surface area contributed by atoms with Crippen LogP contribution in [0.4, 0.5) is 0 Å². The van der Waals surface area contributed by atoms with Crippen molar-refractivity contribution in [3.05, 3.63) is 35.4 Å². The lowest BCUT2D eigenvalue weighted by Crippen LogP contribution is -2.40. The van der Waals surface area contributed by atoms with E-state index in [1.807, 2.05) is 6.07 Å². The summed E-state index contributed by atoms with van der Waals surface area (Å²) in [4.78, 5) is 11.8. The molecule has 0 spiro atoms. The predicted molar refractivity (Wildman–Crippen MR) is 77.6 cm³/mol. The molecule has 0 amide bonds. The number of hydrogen-bond acceptors (Lipinski definition) is 1. The fraction of sp³-hybridized carbons (Fsp3) is 0.588. The largest absolute Gasteiger partial charge is 0.290 e. The summed E-state index contributed by atoms with van der Waals surface area (Å²) < 4.78 is 0. The second-order valence-corrected chi connectivity index (χ2v) is 6.02. The Labute approximate surface area is 112 Å². The number of rotatable bonds is 5. The van der Waals surface area contributed by atoms with Crippen LogP contribution in [-0.2, 0) is 10.2 Å². The molecular weight excluding hydrogens is 220 g/mol. The summed E-state index contributed by atoms with van der Waals surface area (Å²) in [6, 6.07) is 8.31. The van der Waals surface area contributed by atoms with E-state index in [2.05, 4.69) is 66.0 Å². The molecule has 0 aromatic heterocycles. The van der Waals surface area contributed by atoms with Crippen LogP contribution in [-0.4, -0.2) is 6.29 Å². The molecule has 0 heterocycles. The SMILES string of the molecule is CC(C)c1ccccc1C([C]=O)(C(C)C)C(C)C. The van der Waals surface area contributed by atoms with Crippen LogP contribution < -0.4 is 0 Å². The fourth-order valence-corrected chi connectivity index (χ4v) is 2.96. The average molecular weight is 245 g/mol. The van der Waals surface area contributed by atoms with Crippen LogP contribution in [0.2, 0.25) is 0 Å². The third-order valence-corrected chi connectivity index (χ3v) is 4.02. The van der Waals surface area contributed by atoms with E-state index in [-0.39, 0.29) is 11.8 Å². The Morgan fingerprint density at radius 2 is 1.44 bits per heavy atom. The molecule has 0 bridgehead atoms. The van der Waals surface area contributed by atoms with Crippen molar-refractivity contribution in [3.8, 4) is 0 Å². The molecule has 18 heavy (non-hydrogen) atoms. The van der Waals surface area contributed by atoms with Gasteiger partial charge in [0.1, 0.15) is 0 Å². The van der Waals surface area contributed by atoms with Gasteiger partial charge in [0, 0.05) is 0 Å². The first-order valence-corrected chi connectivity index (χ1v) is 6.86. The third-order valence-electron chi connectivity index (χ3n) is 4.02. The van der Waals surface area contributed by atoms with Gasteiger partial charge in [-0.2, -0.15) is 0 Å². The van der Waals surface area contributed by atoms with E-state index in [0.717, 1.165) is 5.56 Å². The van der Waals surface area contributed by atoms with Gasteiger partial charge >= 0.3 is 0 Å². The van der Waals surface area contributed by atoms with Gasteiger partial charge in [0.05, 0.1) is 5.41 Å². The maximum atomic E-state index is 11.8. The van der Waals surface area contributed by atoms with Crippen LogP contribution in [0.15, 0.2) is 24.3 Å². The Morgan fingerprint density at radius 3 is 1.83 bits per heavy atom. The molecule has 99 valence electrons. The van der Waals surface area contributed by atoms with Crippen LogP contribution in [0, 0.1) is 11.8 Å². The molecular formula is C17H25O. The van der Waals surface area contributed by atoms with Crippen molar-refractivity contribution >= 4 is 6.29 Å². The summed E-state index contributed by atoms with van der Waals surface area (Å²) in [6.45, 7) is 12.8. The van der Waals surface area contributed by atoms with Crippen molar-refractivity contribution in [2.24, 2.45) is 11.8 Å². The quantitative estimate of drug-likeness (QED) is 0.748. The molecule has 0 unspecified atom stereocenters. The zero-order chi connectivity index (χ0) is 13.9. The first-order valence-electron chi connectivity index (χ1n) is 6.86. The molecule has 0 fully saturated rings. The van der Waals surface area contributed by atoms with Crippen molar-refractivity contribution in [1.29, 1.82) is 0 Å². The van der Waals surface area contributed by atoms with Crippen LogP contribution >= 0.6 is 0 Å². The summed E-state index contributed by atoms with van der Waals surface area (Å²) in [5.74, 6) is 0.913. The molecule has 0 aliphatic carbocycles. The lowest BCUT2D eigenvalue weighted by molar-refractivity contribution is 0.294. The van der Waals surface area contributed by atoms with Gasteiger partial charge in [-0.1, -0.05) is 65.8 Å². The minimum absolute atomic E-state index is 0.245. The van der Waals surface area contributed by atoms with E-state index < -0.39 is 5.41 Å². The summed E-state index contributed by atoms with van der Waals surface area (Å²) in [7, 11) is 0. The van der Waals surface area contributed by atoms with E-state index in [1.165, 1.54) is 5.56 Å². The molecule has 1 rings (SSSR count). The maximum Gasteiger partial charge on any atom is 0.210 e. The van der Waals surface area contributed by atoms with E-state index in [4.69, 9.17) is 0 Å². The number of carbonyl (C=O) groups excluding carboxylic acids is 1. The van der Waals surface area contributed by atoms with Gasteiger partial charge in [-0.25, -0.2) is 0 Å². The third kappa shape index (κ3) is 2.36. The topological polar surface area (TPSA) is 17.1 Å². The van der Waals surface area contributed by atoms with Gasteiger partial charge in [0.2, 0.25) is 6.29 Å². The van der Waals surface area contributed by atoms with Gasteiger partial charge in [-0.3, -0.25) is 4.79 Å². The molecule has 0 aliphatic rings. The zero-order valence-electron chi connectivity index (χ0n) is 12.4. The smallest absolute Gasteiger partial charge is 0.210 e. The highest BCUT2D eigenvalue weighted by Crippen LogP contribution is 2.41. The fourth-order valence-electron chi connectivity index (χ4n) is 2.96. The molecule has 0 N–H and O–H groups in total. The minimum atomic E-state index is -0.499. The molecule has 0 saturated heterocycles. The Balaban J connectivity index is 3.52. The van der Waals surface area contributed by atoms with Gasteiger partial charge in [0.15, 0.2) is 0 Å². The summed E-state index contributed by atoms with van der Waals surface area (Å²) in [5.41, 5.74) is 1.92. The van der Waals surface area contributed by atoms with Gasteiger partial charge in [-0.15, -0.1) is 0 Å².